The predicted octanol–water partition coefficient (Wildman–Crippen LogP) is 3.71. The number of nitrogens with zero attached hydrogens (tertiary/aromatic N) is 1. The molecule has 0 saturated heterocycles. The molecule has 0 spiro atoms. The fourth-order valence-electron chi connectivity index (χ4n) is 2.75. The second kappa shape index (κ2) is 7.74. The van der Waals surface area contributed by atoms with E-state index >= 15 is 0 Å². The van der Waals surface area contributed by atoms with Crippen LogP contribution in [-0.2, 0) is 10.0 Å². The smallest absolute Gasteiger partial charge is 0.259 e. The van der Waals surface area contributed by atoms with E-state index in [0.29, 0.717) is 11.4 Å². The summed E-state index contributed by atoms with van der Waals surface area (Å²) in [5, 5.41) is 12.7. The maximum absolute atomic E-state index is 12.7. The van der Waals surface area contributed by atoms with Crippen molar-refractivity contribution in [3.63, 3.8) is 0 Å². The summed E-state index contributed by atoms with van der Waals surface area (Å²) in [5.41, 5.74) is 2.49. The van der Waals surface area contributed by atoms with Crippen molar-refractivity contribution >= 4 is 27.3 Å². The van der Waals surface area contributed by atoms with Gasteiger partial charge in [0.1, 0.15) is 5.75 Å². The van der Waals surface area contributed by atoms with Crippen LogP contribution in [0.25, 0.3) is 11.1 Å². The average Bonchev–Trinajstić information content (AvgIpc) is 2.67. The van der Waals surface area contributed by atoms with Gasteiger partial charge in [-0.05, 0) is 35.4 Å². The Morgan fingerprint density at radius 1 is 0.929 bits per heavy atom. The molecular formula is C21H20N2O4S. The standard InChI is InChI=1S/C21H20N2O4S/c1-23(28(2,26)27)19-13-12-16(15-8-4-3-5-9-15)14-18(19)22-21(25)17-10-6-7-11-20(17)24/h3-14,24H,1-2H3,(H,22,25). The van der Waals surface area contributed by atoms with Crippen molar-refractivity contribution in [2.75, 3.05) is 22.9 Å². The van der Waals surface area contributed by atoms with E-state index in [1.807, 2.05) is 30.3 Å². The van der Waals surface area contributed by atoms with E-state index < -0.39 is 15.9 Å². The minimum absolute atomic E-state index is 0.0978. The van der Waals surface area contributed by atoms with Gasteiger partial charge in [-0.3, -0.25) is 9.10 Å². The first-order valence-corrected chi connectivity index (χ1v) is 10.3. The Morgan fingerprint density at radius 2 is 1.57 bits per heavy atom. The third kappa shape index (κ3) is 4.15. The largest absolute Gasteiger partial charge is 0.507 e. The molecule has 0 unspecified atom stereocenters. The number of amides is 1. The van der Waals surface area contributed by atoms with Crippen molar-refractivity contribution in [3.8, 4) is 16.9 Å². The van der Waals surface area contributed by atoms with Crippen LogP contribution in [0.3, 0.4) is 0 Å². The molecule has 2 N–H and O–H groups in total. The molecule has 7 heteroatoms. The molecule has 0 saturated carbocycles. The molecule has 3 aromatic rings. The first-order chi connectivity index (χ1) is 13.3. The summed E-state index contributed by atoms with van der Waals surface area (Å²) < 4.78 is 25.1. The van der Waals surface area contributed by atoms with Gasteiger partial charge < -0.3 is 10.4 Å². The van der Waals surface area contributed by atoms with Crippen LogP contribution in [-0.4, -0.2) is 32.7 Å². The van der Waals surface area contributed by atoms with Crippen molar-refractivity contribution in [1.29, 1.82) is 0 Å². The zero-order valence-electron chi connectivity index (χ0n) is 15.5. The molecule has 1 amide bonds. The lowest BCUT2D eigenvalue weighted by atomic mass is 10.0. The highest BCUT2D eigenvalue weighted by molar-refractivity contribution is 7.92. The number of anilines is 2. The van der Waals surface area contributed by atoms with Crippen molar-refractivity contribution in [1.82, 2.24) is 0 Å². The van der Waals surface area contributed by atoms with Crippen LogP contribution in [0.4, 0.5) is 11.4 Å². The summed E-state index contributed by atoms with van der Waals surface area (Å²) in [5.74, 6) is -0.691. The average molecular weight is 396 g/mol. The lowest BCUT2D eigenvalue weighted by molar-refractivity contribution is 0.102. The Bertz CT molecular complexity index is 1110. The van der Waals surface area contributed by atoms with E-state index in [2.05, 4.69) is 5.32 Å². The third-order valence-corrected chi connectivity index (χ3v) is 5.53. The minimum atomic E-state index is -3.53. The molecule has 0 heterocycles. The second-order valence-electron chi connectivity index (χ2n) is 6.30. The summed E-state index contributed by atoms with van der Waals surface area (Å²) in [6, 6.07) is 20.8. The number of carbonyl (C=O) groups excluding carboxylic acids is 1. The van der Waals surface area contributed by atoms with Crippen LogP contribution in [0.5, 0.6) is 5.75 Å². The molecule has 3 rings (SSSR count). The van der Waals surface area contributed by atoms with Gasteiger partial charge in [-0.1, -0.05) is 48.5 Å². The van der Waals surface area contributed by atoms with Crippen molar-refractivity contribution in [2.45, 2.75) is 0 Å². The summed E-state index contributed by atoms with van der Waals surface area (Å²) >= 11 is 0. The molecule has 0 bridgehead atoms. The Labute approximate surface area is 164 Å². The zero-order chi connectivity index (χ0) is 20.3. The van der Waals surface area contributed by atoms with E-state index in [1.165, 1.54) is 19.2 Å². The minimum Gasteiger partial charge on any atom is -0.507 e. The van der Waals surface area contributed by atoms with Gasteiger partial charge in [0.2, 0.25) is 10.0 Å². The molecule has 3 aromatic carbocycles. The van der Waals surface area contributed by atoms with E-state index in [4.69, 9.17) is 0 Å². The number of benzene rings is 3. The lowest BCUT2D eigenvalue weighted by Crippen LogP contribution is -2.26. The number of phenolic OH excluding ortho intramolecular Hbond substituents is 1. The van der Waals surface area contributed by atoms with E-state index in [0.717, 1.165) is 21.7 Å². The summed E-state index contributed by atoms with van der Waals surface area (Å²) in [6.45, 7) is 0. The maximum atomic E-state index is 12.7. The SMILES string of the molecule is CN(c1ccc(-c2ccccc2)cc1NC(=O)c1ccccc1O)S(C)(=O)=O. The molecule has 0 aromatic heterocycles. The Kier molecular flexibility index (Phi) is 5.37. The second-order valence-corrected chi connectivity index (χ2v) is 8.31. The number of para-hydroxylation sites is 1. The lowest BCUT2D eigenvalue weighted by Gasteiger charge is -2.21. The highest BCUT2D eigenvalue weighted by Crippen LogP contribution is 2.33. The predicted molar refractivity (Wildman–Crippen MR) is 111 cm³/mol. The molecule has 0 fully saturated rings. The van der Waals surface area contributed by atoms with Gasteiger partial charge in [0.15, 0.2) is 0 Å². The van der Waals surface area contributed by atoms with Gasteiger partial charge in [0, 0.05) is 7.05 Å². The summed E-state index contributed by atoms with van der Waals surface area (Å²) in [6.07, 6.45) is 1.09. The summed E-state index contributed by atoms with van der Waals surface area (Å²) in [4.78, 5) is 12.7. The van der Waals surface area contributed by atoms with Crippen molar-refractivity contribution < 1.29 is 18.3 Å². The Balaban J connectivity index is 2.07. The van der Waals surface area contributed by atoms with Crippen LogP contribution in [0.2, 0.25) is 0 Å². The van der Waals surface area contributed by atoms with Gasteiger partial charge in [0.05, 0.1) is 23.2 Å². The van der Waals surface area contributed by atoms with E-state index in [9.17, 15) is 18.3 Å². The number of sulfonamides is 1. The molecule has 0 aliphatic rings. The first kappa shape index (κ1) is 19.4. The van der Waals surface area contributed by atoms with Gasteiger partial charge in [-0.25, -0.2) is 8.42 Å². The van der Waals surface area contributed by atoms with Crippen molar-refractivity contribution in [3.05, 3.63) is 78.4 Å². The van der Waals surface area contributed by atoms with Crippen LogP contribution in [0.15, 0.2) is 72.8 Å². The molecule has 0 atom stereocenters. The molecule has 144 valence electrons. The van der Waals surface area contributed by atoms with E-state index in [-0.39, 0.29) is 11.3 Å². The Morgan fingerprint density at radius 3 is 2.21 bits per heavy atom. The topological polar surface area (TPSA) is 86.7 Å². The third-order valence-electron chi connectivity index (χ3n) is 4.34. The molecule has 6 nitrogen and oxygen atoms in total. The normalized spacial score (nSPS) is 11.1. The van der Waals surface area contributed by atoms with Gasteiger partial charge in [0.25, 0.3) is 5.91 Å². The monoisotopic (exact) mass is 396 g/mol. The number of nitrogens with one attached hydrogen (secondary N) is 1. The first-order valence-electron chi connectivity index (χ1n) is 8.50. The van der Waals surface area contributed by atoms with Crippen LogP contribution in [0.1, 0.15) is 10.4 Å². The van der Waals surface area contributed by atoms with Crippen LogP contribution >= 0.6 is 0 Å². The number of hydrogen-bond acceptors (Lipinski definition) is 4. The van der Waals surface area contributed by atoms with Gasteiger partial charge in [-0.15, -0.1) is 0 Å². The van der Waals surface area contributed by atoms with Crippen LogP contribution in [0, 0.1) is 0 Å². The highest BCUT2D eigenvalue weighted by Gasteiger charge is 2.19. The maximum Gasteiger partial charge on any atom is 0.259 e. The molecule has 0 aliphatic carbocycles. The van der Waals surface area contributed by atoms with E-state index in [1.54, 1.807) is 30.3 Å². The quantitative estimate of drug-likeness (QED) is 0.688. The number of hydrogen-bond donors (Lipinski definition) is 2. The molecule has 0 radical (unpaired) electrons. The number of carbonyl (C=O) groups is 1. The van der Waals surface area contributed by atoms with Crippen molar-refractivity contribution in [2.24, 2.45) is 0 Å². The van der Waals surface area contributed by atoms with Crippen LogP contribution < -0.4 is 9.62 Å². The molecule has 28 heavy (non-hydrogen) atoms. The number of rotatable bonds is 5. The number of aromatic hydroxyl groups is 1. The fraction of sp³-hybridized carbons (Fsp3) is 0.0952. The Hall–Kier alpha value is -3.32. The van der Waals surface area contributed by atoms with Gasteiger partial charge >= 0.3 is 0 Å². The fourth-order valence-corrected chi connectivity index (χ4v) is 3.27. The summed E-state index contributed by atoms with van der Waals surface area (Å²) in [7, 11) is -2.11. The molecular weight excluding hydrogens is 376 g/mol. The number of phenols is 1. The molecule has 0 aliphatic heterocycles. The zero-order valence-corrected chi connectivity index (χ0v) is 16.3. The van der Waals surface area contributed by atoms with Gasteiger partial charge in [-0.2, -0.15) is 0 Å². The highest BCUT2D eigenvalue weighted by atomic mass is 32.2.